The third kappa shape index (κ3) is 6.31. The van der Waals surface area contributed by atoms with Crippen LogP contribution in [0.2, 0.25) is 0 Å². The second kappa shape index (κ2) is 11.5. The lowest BCUT2D eigenvalue weighted by molar-refractivity contribution is -0.137. The summed E-state index contributed by atoms with van der Waals surface area (Å²) in [6.45, 7) is 3.71. The zero-order valence-corrected chi connectivity index (χ0v) is 21.7. The van der Waals surface area contributed by atoms with Crippen molar-refractivity contribution in [1.29, 1.82) is 0 Å². The van der Waals surface area contributed by atoms with Gasteiger partial charge in [0.05, 0.1) is 12.5 Å². The van der Waals surface area contributed by atoms with Crippen LogP contribution < -0.4 is 10.6 Å². The highest BCUT2D eigenvalue weighted by molar-refractivity contribution is 5.95. The molecule has 0 saturated heterocycles. The van der Waals surface area contributed by atoms with Crippen LogP contribution in [-0.2, 0) is 9.59 Å². The van der Waals surface area contributed by atoms with E-state index in [1.165, 1.54) is 31.1 Å². The largest absolute Gasteiger partial charge is 0.481 e. The minimum atomic E-state index is -0.930. The highest BCUT2D eigenvalue weighted by Crippen LogP contribution is 2.41. The monoisotopic (exact) mass is 505 g/mol. The van der Waals surface area contributed by atoms with E-state index in [1.54, 1.807) is 19.2 Å². The van der Waals surface area contributed by atoms with Crippen molar-refractivity contribution >= 4 is 40.1 Å². The van der Waals surface area contributed by atoms with Crippen molar-refractivity contribution in [3.63, 3.8) is 0 Å². The number of aryl methyl sites for hydroxylation is 1. The number of hydrogen-bond acceptors (Lipinski definition) is 5. The Morgan fingerprint density at radius 1 is 1.05 bits per heavy atom. The number of aliphatic carboxylic acids is 1. The Bertz CT molecular complexity index is 1270. The van der Waals surface area contributed by atoms with Crippen LogP contribution in [0.25, 0.3) is 11.0 Å². The summed E-state index contributed by atoms with van der Waals surface area (Å²) in [7, 11) is 1.61. The molecule has 0 aliphatic heterocycles. The summed E-state index contributed by atoms with van der Waals surface area (Å²) in [6, 6.07) is 13.0. The van der Waals surface area contributed by atoms with Crippen LogP contribution in [0, 0.1) is 12.8 Å². The molecule has 8 heteroatoms. The van der Waals surface area contributed by atoms with Crippen LogP contribution in [-0.4, -0.2) is 41.4 Å². The van der Waals surface area contributed by atoms with Crippen molar-refractivity contribution in [2.24, 2.45) is 5.92 Å². The molecule has 2 aromatic carbocycles. The molecule has 2 amide bonds. The van der Waals surface area contributed by atoms with Gasteiger partial charge in [-0.15, -0.1) is 0 Å². The second-order valence-corrected chi connectivity index (χ2v) is 9.95. The molecule has 0 bridgehead atoms. The van der Waals surface area contributed by atoms with Crippen molar-refractivity contribution in [3.05, 3.63) is 59.4 Å². The lowest BCUT2D eigenvalue weighted by atomic mass is 9.82. The topological polar surface area (TPSA) is 112 Å². The zero-order valence-electron chi connectivity index (χ0n) is 21.7. The van der Waals surface area contributed by atoms with Crippen molar-refractivity contribution in [2.45, 2.75) is 58.4 Å². The lowest BCUT2D eigenvalue weighted by Gasteiger charge is -2.31. The Morgan fingerprint density at radius 3 is 2.38 bits per heavy atom. The average Bonchev–Trinajstić information content (AvgIpc) is 3.21. The molecule has 196 valence electrons. The second-order valence-electron chi connectivity index (χ2n) is 9.95. The number of amides is 2. The highest BCUT2D eigenvalue weighted by atomic mass is 16.4. The van der Waals surface area contributed by atoms with E-state index in [4.69, 9.17) is 9.52 Å². The SMILES string of the molecule is CC(=O)Nc1ccc2oc(C(Nc3ccc(C(=O)N(C)CCC(=O)O)cc3)C3CCCCC3)c(C)c2c1. The maximum absolute atomic E-state index is 12.7. The van der Waals surface area contributed by atoms with Gasteiger partial charge in [-0.2, -0.15) is 0 Å². The summed E-state index contributed by atoms with van der Waals surface area (Å²) in [5, 5.41) is 16.4. The van der Waals surface area contributed by atoms with E-state index in [0.29, 0.717) is 11.5 Å². The zero-order chi connectivity index (χ0) is 26.5. The molecular weight excluding hydrogens is 470 g/mol. The van der Waals surface area contributed by atoms with E-state index in [9.17, 15) is 14.4 Å². The molecule has 1 aliphatic carbocycles. The summed E-state index contributed by atoms with van der Waals surface area (Å²) in [6.07, 6.45) is 5.74. The van der Waals surface area contributed by atoms with Gasteiger partial charge in [0.25, 0.3) is 5.91 Å². The van der Waals surface area contributed by atoms with E-state index in [1.807, 2.05) is 30.3 Å². The number of carbonyl (C=O) groups is 3. The van der Waals surface area contributed by atoms with Crippen LogP contribution in [0.1, 0.15) is 73.2 Å². The summed E-state index contributed by atoms with van der Waals surface area (Å²) >= 11 is 0. The van der Waals surface area contributed by atoms with Gasteiger partial charge in [-0.05, 0) is 68.1 Å². The van der Waals surface area contributed by atoms with Crippen LogP contribution in [0.3, 0.4) is 0 Å². The number of furan rings is 1. The summed E-state index contributed by atoms with van der Waals surface area (Å²) in [5.41, 5.74) is 3.98. The van der Waals surface area contributed by atoms with Crippen molar-refractivity contribution in [3.8, 4) is 0 Å². The molecule has 1 saturated carbocycles. The molecular formula is C29H35N3O5. The molecule has 1 aromatic heterocycles. The van der Waals surface area contributed by atoms with Gasteiger partial charge in [0.2, 0.25) is 5.91 Å². The number of nitrogens with one attached hydrogen (secondary N) is 2. The molecule has 1 heterocycles. The summed E-state index contributed by atoms with van der Waals surface area (Å²) in [4.78, 5) is 36.4. The number of rotatable bonds is 9. The fraction of sp³-hybridized carbons (Fsp3) is 0.414. The average molecular weight is 506 g/mol. The quantitative estimate of drug-likeness (QED) is 0.330. The first-order chi connectivity index (χ1) is 17.7. The van der Waals surface area contributed by atoms with E-state index in [0.717, 1.165) is 46.5 Å². The van der Waals surface area contributed by atoms with E-state index >= 15 is 0 Å². The molecule has 3 N–H and O–H groups in total. The van der Waals surface area contributed by atoms with Gasteiger partial charge in [0.15, 0.2) is 0 Å². The van der Waals surface area contributed by atoms with Gasteiger partial charge in [-0.25, -0.2) is 0 Å². The van der Waals surface area contributed by atoms with Crippen molar-refractivity contribution in [1.82, 2.24) is 4.90 Å². The third-order valence-electron chi connectivity index (χ3n) is 7.16. The molecule has 1 unspecified atom stereocenters. The van der Waals surface area contributed by atoms with Crippen molar-refractivity contribution < 1.29 is 23.9 Å². The van der Waals surface area contributed by atoms with Crippen LogP contribution in [0.15, 0.2) is 46.9 Å². The predicted molar refractivity (Wildman–Crippen MR) is 144 cm³/mol. The van der Waals surface area contributed by atoms with E-state index < -0.39 is 5.97 Å². The molecule has 8 nitrogen and oxygen atoms in total. The van der Waals surface area contributed by atoms with Gasteiger partial charge in [0, 0.05) is 48.4 Å². The van der Waals surface area contributed by atoms with Gasteiger partial charge >= 0.3 is 5.97 Å². The van der Waals surface area contributed by atoms with Gasteiger partial charge in [-0.1, -0.05) is 19.3 Å². The van der Waals surface area contributed by atoms with E-state index in [2.05, 4.69) is 17.6 Å². The molecule has 1 atom stereocenters. The Labute approximate surface area is 217 Å². The van der Waals surface area contributed by atoms with Crippen LogP contribution >= 0.6 is 0 Å². The number of anilines is 2. The maximum atomic E-state index is 12.7. The predicted octanol–water partition coefficient (Wildman–Crippen LogP) is 5.98. The number of carbonyl (C=O) groups excluding carboxylic acids is 2. The summed E-state index contributed by atoms with van der Waals surface area (Å²) < 4.78 is 6.40. The first-order valence-electron chi connectivity index (χ1n) is 12.9. The molecule has 37 heavy (non-hydrogen) atoms. The van der Waals surface area contributed by atoms with Crippen LogP contribution in [0.4, 0.5) is 11.4 Å². The number of carboxylic acid groups (broad SMARTS) is 1. The Hall–Kier alpha value is -3.81. The van der Waals surface area contributed by atoms with Gasteiger partial charge in [0.1, 0.15) is 11.3 Å². The number of hydrogen-bond donors (Lipinski definition) is 3. The van der Waals surface area contributed by atoms with Crippen molar-refractivity contribution in [2.75, 3.05) is 24.2 Å². The first kappa shape index (κ1) is 26.3. The third-order valence-corrected chi connectivity index (χ3v) is 7.16. The van der Waals surface area contributed by atoms with Crippen LogP contribution in [0.5, 0.6) is 0 Å². The minimum Gasteiger partial charge on any atom is -0.481 e. The Morgan fingerprint density at radius 2 is 1.73 bits per heavy atom. The fourth-order valence-corrected chi connectivity index (χ4v) is 5.16. The van der Waals surface area contributed by atoms with Gasteiger partial charge < -0.3 is 25.1 Å². The standard InChI is InChI=1S/C29H35N3O5/c1-18-24-17-23(30-19(2)33)13-14-25(24)37-28(18)27(20-7-5-4-6-8-20)31-22-11-9-21(10-12-22)29(36)32(3)16-15-26(34)35/h9-14,17,20,27,31H,4-8,15-16H2,1-3H3,(H,30,33)(H,34,35). The highest BCUT2D eigenvalue weighted by Gasteiger charge is 2.30. The van der Waals surface area contributed by atoms with Gasteiger partial charge in [-0.3, -0.25) is 14.4 Å². The fourth-order valence-electron chi connectivity index (χ4n) is 5.16. The number of benzene rings is 2. The first-order valence-corrected chi connectivity index (χ1v) is 12.9. The summed E-state index contributed by atoms with van der Waals surface area (Å²) in [5.74, 6) is 0.0547. The molecule has 1 fully saturated rings. The minimum absolute atomic E-state index is 0.0308. The Balaban J connectivity index is 1.59. The maximum Gasteiger partial charge on any atom is 0.305 e. The number of nitrogens with zero attached hydrogens (tertiary/aromatic N) is 1. The number of fused-ring (bicyclic) bond motifs is 1. The molecule has 4 rings (SSSR count). The Kier molecular flexibility index (Phi) is 8.16. The van der Waals surface area contributed by atoms with E-state index in [-0.39, 0.29) is 30.8 Å². The molecule has 0 radical (unpaired) electrons. The molecule has 3 aromatic rings. The number of carboxylic acids is 1. The molecule has 1 aliphatic rings. The molecule has 0 spiro atoms. The smallest absolute Gasteiger partial charge is 0.305 e. The lowest BCUT2D eigenvalue weighted by Crippen LogP contribution is -2.29. The normalized spacial score (nSPS) is 14.8.